The van der Waals surface area contributed by atoms with Gasteiger partial charge < -0.3 is 4.90 Å². The summed E-state index contributed by atoms with van der Waals surface area (Å²) in [5.74, 6) is 0. The minimum absolute atomic E-state index is 0.430. The molecule has 9 aromatic rings. The quantitative estimate of drug-likeness (QED) is 0.161. The zero-order valence-corrected chi connectivity index (χ0v) is 29.8. The minimum atomic E-state index is -0.430. The Balaban J connectivity index is 1.13. The van der Waals surface area contributed by atoms with Crippen LogP contribution in [0.3, 0.4) is 0 Å². The first kappa shape index (κ1) is 31.7. The predicted molar refractivity (Wildman–Crippen MR) is 227 cm³/mol. The van der Waals surface area contributed by atoms with E-state index in [-0.39, 0.29) is 0 Å². The van der Waals surface area contributed by atoms with Gasteiger partial charge >= 0.3 is 0 Å². The third kappa shape index (κ3) is 5.09. The molecule has 0 aromatic heterocycles. The lowest BCUT2D eigenvalue weighted by atomic mass is 9.67. The van der Waals surface area contributed by atoms with Gasteiger partial charge in [-0.25, -0.2) is 0 Å². The highest BCUT2D eigenvalue weighted by Crippen LogP contribution is 2.58. The summed E-state index contributed by atoms with van der Waals surface area (Å²) in [6.07, 6.45) is 0. The van der Waals surface area contributed by atoms with Gasteiger partial charge in [-0.05, 0) is 97.2 Å². The molecule has 0 N–H and O–H groups in total. The Morgan fingerprint density at radius 1 is 0.315 bits per heavy atom. The molecule has 0 aliphatic heterocycles. The van der Waals surface area contributed by atoms with Crippen LogP contribution in [-0.2, 0) is 5.41 Å². The molecule has 10 rings (SSSR count). The van der Waals surface area contributed by atoms with Crippen LogP contribution in [0.5, 0.6) is 0 Å². The molecule has 0 fully saturated rings. The molecule has 1 nitrogen and oxygen atoms in total. The number of anilines is 3. The van der Waals surface area contributed by atoms with Crippen LogP contribution in [0.4, 0.5) is 17.1 Å². The Kier molecular flexibility index (Phi) is 7.78. The molecule has 0 spiro atoms. The molecule has 0 bridgehead atoms. The number of benzene rings is 9. The van der Waals surface area contributed by atoms with Gasteiger partial charge in [0.2, 0.25) is 0 Å². The summed E-state index contributed by atoms with van der Waals surface area (Å²) in [6, 6.07) is 81.9. The van der Waals surface area contributed by atoms with Gasteiger partial charge in [0.15, 0.2) is 0 Å². The molecule has 0 heterocycles. The summed E-state index contributed by atoms with van der Waals surface area (Å²) in [7, 11) is 0. The number of hydrogen-bond donors (Lipinski definition) is 0. The molecule has 0 amide bonds. The summed E-state index contributed by atoms with van der Waals surface area (Å²) in [6.45, 7) is 0. The fraction of sp³-hybridized carbons (Fsp3) is 0.0189. The van der Waals surface area contributed by atoms with E-state index >= 15 is 0 Å². The molecule has 9 aromatic carbocycles. The molecule has 0 saturated carbocycles. The van der Waals surface area contributed by atoms with E-state index in [1.807, 2.05) is 0 Å². The second-order valence-corrected chi connectivity index (χ2v) is 14.1. The first-order valence-electron chi connectivity index (χ1n) is 18.7. The van der Waals surface area contributed by atoms with Gasteiger partial charge in [0.05, 0.1) is 11.1 Å². The molecule has 0 atom stereocenters. The minimum Gasteiger partial charge on any atom is -0.310 e. The maximum Gasteiger partial charge on any atom is 0.0713 e. The zero-order valence-electron chi connectivity index (χ0n) is 29.8. The van der Waals surface area contributed by atoms with Crippen molar-refractivity contribution in [1.29, 1.82) is 0 Å². The molecule has 0 saturated heterocycles. The van der Waals surface area contributed by atoms with Crippen molar-refractivity contribution in [3.63, 3.8) is 0 Å². The smallest absolute Gasteiger partial charge is 0.0713 e. The Labute approximate surface area is 317 Å². The highest BCUT2D eigenvalue weighted by atomic mass is 15.1. The predicted octanol–water partition coefficient (Wildman–Crippen LogP) is 14.0. The summed E-state index contributed by atoms with van der Waals surface area (Å²) < 4.78 is 0. The van der Waals surface area contributed by atoms with Gasteiger partial charge in [-0.3, -0.25) is 0 Å². The summed E-state index contributed by atoms with van der Waals surface area (Å²) in [4.78, 5) is 2.38. The van der Waals surface area contributed by atoms with Gasteiger partial charge in [0.25, 0.3) is 0 Å². The van der Waals surface area contributed by atoms with Crippen LogP contribution in [0, 0.1) is 0 Å². The Morgan fingerprint density at radius 3 is 1.56 bits per heavy atom. The maximum absolute atomic E-state index is 2.38. The van der Waals surface area contributed by atoms with Crippen molar-refractivity contribution in [2.75, 3.05) is 4.90 Å². The van der Waals surface area contributed by atoms with Crippen molar-refractivity contribution in [2.45, 2.75) is 5.41 Å². The van der Waals surface area contributed by atoms with E-state index in [0.717, 1.165) is 17.1 Å². The van der Waals surface area contributed by atoms with Crippen LogP contribution in [0.1, 0.15) is 22.3 Å². The second kappa shape index (κ2) is 13.2. The molecule has 1 aliphatic carbocycles. The summed E-state index contributed by atoms with van der Waals surface area (Å²) in [5, 5.41) is 2.48. The fourth-order valence-electron chi connectivity index (χ4n) is 8.80. The molecular formula is C53H37N. The van der Waals surface area contributed by atoms with Crippen molar-refractivity contribution in [1.82, 2.24) is 0 Å². The molecule has 1 aliphatic rings. The third-order valence-electron chi connectivity index (χ3n) is 11.1. The molecule has 54 heavy (non-hydrogen) atoms. The average Bonchev–Trinajstić information content (AvgIpc) is 3.56. The molecule has 0 unspecified atom stereocenters. The van der Waals surface area contributed by atoms with E-state index in [9.17, 15) is 0 Å². The molecule has 0 radical (unpaired) electrons. The zero-order chi connectivity index (χ0) is 35.9. The van der Waals surface area contributed by atoms with Crippen molar-refractivity contribution < 1.29 is 0 Å². The van der Waals surface area contributed by atoms with E-state index in [4.69, 9.17) is 0 Å². The summed E-state index contributed by atoms with van der Waals surface area (Å²) in [5.41, 5.74) is 15.5. The lowest BCUT2D eigenvalue weighted by Gasteiger charge is -2.34. The van der Waals surface area contributed by atoms with Gasteiger partial charge in [0, 0.05) is 16.9 Å². The lowest BCUT2D eigenvalue weighted by molar-refractivity contribution is 0.768. The Bertz CT molecular complexity index is 2710. The average molecular weight is 688 g/mol. The van der Waals surface area contributed by atoms with E-state index in [0.29, 0.717) is 0 Å². The van der Waals surface area contributed by atoms with Crippen molar-refractivity contribution in [3.05, 3.63) is 247 Å². The maximum atomic E-state index is 2.38. The monoisotopic (exact) mass is 687 g/mol. The first-order valence-corrected chi connectivity index (χ1v) is 18.7. The first-order chi connectivity index (χ1) is 26.8. The highest BCUT2D eigenvalue weighted by molar-refractivity contribution is 5.97. The highest BCUT2D eigenvalue weighted by Gasteiger charge is 2.46. The Morgan fingerprint density at radius 2 is 0.833 bits per heavy atom. The van der Waals surface area contributed by atoms with Gasteiger partial charge in [-0.15, -0.1) is 0 Å². The number of nitrogens with zero attached hydrogens (tertiary/aromatic N) is 1. The number of rotatable bonds is 7. The number of hydrogen-bond acceptors (Lipinski definition) is 1. The van der Waals surface area contributed by atoms with E-state index < -0.39 is 5.41 Å². The van der Waals surface area contributed by atoms with E-state index in [1.165, 1.54) is 66.4 Å². The van der Waals surface area contributed by atoms with Crippen molar-refractivity contribution in [2.24, 2.45) is 0 Å². The normalized spacial score (nSPS) is 12.6. The van der Waals surface area contributed by atoms with Crippen molar-refractivity contribution >= 4 is 27.8 Å². The lowest BCUT2D eigenvalue weighted by Crippen LogP contribution is -2.28. The number of para-hydroxylation sites is 2. The van der Waals surface area contributed by atoms with Crippen LogP contribution in [0.15, 0.2) is 224 Å². The van der Waals surface area contributed by atoms with Gasteiger partial charge in [-0.2, -0.15) is 0 Å². The summed E-state index contributed by atoms with van der Waals surface area (Å²) >= 11 is 0. The second-order valence-electron chi connectivity index (χ2n) is 14.1. The van der Waals surface area contributed by atoms with Crippen LogP contribution < -0.4 is 4.90 Å². The van der Waals surface area contributed by atoms with Crippen molar-refractivity contribution in [3.8, 4) is 33.4 Å². The van der Waals surface area contributed by atoms with E-state index in [1.54, 1.807) is 0 Å². The number of fused-ring (bicyclic) bond motifs is 4. The standard InChI is InChI=1S/C53H37N/c1-4-19-42(20-5-1)53(43-21-6-2-7-22-43)49-28-14-12-26-48(49)52-47(27-16-29-50(52)53)39-33-35-45(36-34-39)54(44-23-8-3-9-24-44)51-30-15-13-25-46(51)41-32-31-38-17-10-11-18-40(38)37-41/h1-37H. The van der Waals surface area contributed by atoms with Gasteiger partial charge in [0.1, 0.15) is 0 Å². The van der Waals surface area contributed by atoms with Crippen LogP contribution in [0.25, 0.3) is 44.2 Å². The molecular weight excluding hydrogens is 651 g/mol. The molecule has 254 valence electrons. The topological polar surface area (TPSA) is 3.24 Å². The fourth-order valence-corrected chi connectivity index (χ4v) is 8.80. The van der Waals surface area contributed by atoms with E-state index in [2.05, 4.69) is 229 Å². The van der Waals surface area contributed by atoms with Gasteiger partial charge in [-0.1, -0.05) is 188 Å². The van der Waals surface area contributed by atoms with Crippen LogP contribution in [-0.4, -0.2) is 0 Å². The molecule has 1 heteroatoms. The van der Waals surface area contributed by atoms with Crippen LogP contribution in [0.2, 0.25) is 0 Å². The Hall–Kier alpha value is -6.96. The SMILES string of the molecule is c1ccc(N(c2ccc(-c3cccc4c3-c3ccccc3C4(c3ccccc3)c3ccccc3)cc2)c2ccccc2-c2ccc3ccccc3c2)cc1. The largest absolute Gasteiger partial charge is 0.310 e. The third-order valence-corrected chi connectivity index (χ3v) is 11.1. The van der Waals surface area contributed by atoms with Crippen LogP contribution >= 0.6 is 0 Å².